The van der Waals surface area contributed by atoms with Crippen molar-refractivity contribution in [2.45, 2.75) is 40.5 Å². The van der Waals surface area contributed by atoms with Gasteiger partial charge in [-0.2, -0.15) is 0 Å². The van der Waals surface area contributed by atoms with Gasteiger partial charge in [0.05, 0.1) is 0 Å². The van der Waals surface area contributed by atoms with Crippen LogP contribution in [0.1, 0.15) is 44.5 Å². The number of fused-ring (bicyclic) bond motifs is 4. The lowest BCUT2D eigenvalue weighted by Gasteiger charge is -2.28. The molecule has 0 amide bonds. The van der Waals surface area contributed by atoms with Gasteiger partial charge in [-0.15, -0.1) is 0 Å². The van der Waals surface area contributed by atoms with Gasteiger partial charge in [-0.05, 0) is 90.4 Å². The first kappa shape index (κ1) is 15.5. The van der Waals surface area contributed by atoms with Crippen LogP contribution in [0.5, 0.6) is 0 Å². The van der Waals surface area contributed by atoms with Gasteiger partial charge in [0.1, 0.15) is 0 Å². The molecular weight excluding hydrogens is 316 g/mol. The highest BCUT2D eigenvalue weighted by Crippen LogP contribution is 2.41. The van der Waals surface area contributed by atoms with Crippen LogP contribution in [0, 0.1) is 27.7 Å². The summed E-state index contributed by atoms with van der Waals surface area (Å²) in [6.07, 6.45) is 2.01. The second kappa shape index (κ2) is 5.38. The van der Waals surface area contributed by atoms with Crippen molar-refractivity contribution in [1.82, 2.24) is 0 Å². The van der Waals surface area contributed by atoms with Gasteiger partial charge in [0.15, 0.2) is 0 Å². The smallest absolute Gasteiger partial charge is 0.0441 e. The Balaban J connectivity index is 1.56. The summed E-state index contributed by atoms with van der Waals surface area (Å²) in [5.41, 5.74) is 16.0. The first-order valence-corrected chi connectivity index (χ1v) is 9.38. The molecule has 0 aliphatic carbocycles. The highest BCUT2D eigenvalue weighted by molar-refractivity contribution is 5.81. The molecule has 3 aromatic carbocycles. The normalized spacial score (nSPS) is 13.7. The predicted octanol–water partition coefficient (Wildman–Crippen LogP) is 6.22. The molecule has 0 fully saturated rings. The first-order chi connectivity index (χ1) is 12.5. The molecule has 0 atom stereocenters. The van der Waals surface area contributed by atoms with Crippen LogP contribution >= 0.6 is 0 Å². The maximum absolute atomic E-state index is 3.66. The molecule has 0 spiro atoms. The minimum atomic E-state index is 1.01. The third-order valence-corrected chi connectivity index (χ3v) is 6.07. The molecule has 26 heavy (non-hydrogen) atoms. The highest BCUT2D eigenvalue weighted by Gasteiger charge is 2.21. The average Bonchev–Trinajstić information content (AvgIpc) is 2.59. The number of hydrogen-bond acceptors (Lipinski definition) is 2. The second-order valence-corrected chi connectivity index (χ2v) is 7.96. The fourth-order valence-electron chi connectivity index (χ4n) is 4.20. The van der Waals surface area contributed by atoms with Gasteiger partial charge in [0, 0.05) is 35.6 Å². The Bertz CT molecular complexity index is 909. The van der Waals surface area contributed by atoms with E-state index in [0.717, 1.165) is 12.8 Å². The zero-order valence-corrected chi connectivity index (χ0v) is 15.9. The van der Waals surface area contributed by atoms with Crippen molar-refractivity contribution in [3.8, 4) is 0 Å². The zero-order chi connectivity index (χ0) is 18.0. The lowest BCUT2D eigenvalue weighted by molar-refractivity contribution is 1.09. The number of anilines is 4. The molecule has 2 aliphatic rings. The summed E-state index contributed by atoms with van der Waals surface area (Å²) in [6, 6.07) is 13.9. The van der Waals surface area contributed by atoms with Crippen molar-refractivity contribution in [2.24, 2.45) is 0 Å². The molecule has 2 nitrogen and oxygen atoms in total. The van der Waals surface area contributed by atoms with Gasteiger partial charge in [-0.3, -0.25) is 0 Å². The summed E-state index contributed by atoms with van der Waals surface area (Å²) in [5, 5.41) is 7.33. The molecule has 0 saturated carbocycles. The van der Waals surface area contributed by atoms with E-state index in [1.54, 1.807) is 0 Å². The molecule has 0 saturated heterocycles. The molecule has 2 aliphatic heterocycles. The zero-order valence-electron chi connectivity index (χ0n) is 15.9. The molecular formula is C24H24N2. The summed E-state index contributed by atoms with van der Waals surface area (Å²) in [5.74, 6) is 0. The van der Waals surface area contributed by atoms with E-state index in [4.69, 9.17) is 0 Å². The van der Waals surface area contributed by atoms with Crippen LogP contribution in [-0.4, -0.2) is 0 Å². The molecule has 0 unspecified atom stereocenters. The van der Waals surface area contributed by atoms with Crippen LogP contribution in [0.15, 0.2) is 36.4 Å². The van der Waals surface area contributed by atoms with E-state index in [1.807, 2.05) is 0 Å². The molecule has 5 rings (SSSR count). The van der Waals surface area contributed by atoms with Crippen LogP contribution in [0.3, 0.4) is 0 Å². The van der Waals surface area contributed by atoms with Crippen molar-refractivity contribution in [3.63, 3.8) is 0 Å². The minimum absolute atomic E-state index is 1.01. The number of hydrogen-bond donors (Lipinski definition) is 2. The van der Waals surface area contributed by atoms with Gasteiger partial charge < -0.3 is 10.6 Å². The van der Waals surface area contributed by atoms with E-state index in [2.05, 4.69) is 74.7 Å². The molecule has 0 aromatic heterocycles. The van der Waals surface area contributed by atoms with Gasteiger partial charge in [-0.1, -0.05) is 18.2 Å². The lowest BCUT2D eigenvalue weighted by Crippen LogP contribution is -2.13. The average molecular weight is 340 g/mol. The minimum Gasteiger partial charge on any atom is -0.355 e. The van der Waals surface area contributed by atoms with Gasteiger partial charge in [0.25, 0.3) is 0 Å². The molecule has 130 valence electrons. The number of nitrogens with one attached hydrogen (secondary N) is 2. The Morgan fingerprint density at radius 1 is 0.462 bits per heavy atom. The quantitative estimate of drug-likeness (QED) is 0.350. The van der Waals surface area contributed by atoms with E-state index in [0.29, 0.717) is 0 Å². The fourth-order valence-corrected chi connectivity index (χ4v) is 4.20. The summed E-state index contributed by atoms with van der Waals surface area (Å²) in [4.78, 5) is 0. The maximum atomic E-state index is 3.66. The van der Waals surface area contributed by atoms with Crippen molar-refractivity contribution < 1.29 is 0 Å². The first-order valence-electron chi connectivity index (χ1n) is 9.38. The monoisotopic (exact) mass is 340 g/mol. The van der Waals surface area contributed by atoms with Crippen LogP contribution < -0.4 is 10.6 Å². The third kappa shape index (κ3) is 2.33. The summed E-state index contributed by atoms with van der Waals surface area (Å²) >= 11 is 0. The van der Waals surface area contributed by atoms with Gasteiger partial charge in [0.2, 0.25) is 0 Å². The summed E-state index contributed by atoms with van der Waals surface area (Å²) < 4.78 is 0. The molecule has 2 N–H and O–H groups in total. The summed E-state index contributed by atoms with van der Waals surface area (Å²) in [7, 11) is 0. The van der Waals surface area contributed by atoms with Crippen molar-refractivity contribution >= 4 is 22.7 Å². The number of aryl methyl sites for hydroxylation is 4. The van der Waals surface area contributed by atoms with E-state index >= 15 is 0 Å². The van der Waals surface area contributed by atoms with Crippen molar-refractivity contribution in [3.05, 3.63) is 80.9 Å². The Hall–Kier alpha value is -2.74. The SMILES string of the molecule is Cc1cc2c(cc1C)Nc1cc3c(cc1C2)Cc1cc(C)c(C)cc1N3. The Morgan fingerprint density at radius 3 is 1.27 bits per heavy atom. The van der Waals surface area contributed by atoms with Crippen molar-refractivity contribution in [2.75, 3.05) is 10.6 Å². The van der Waals surface area contributed by atoms with Gasteiger partial charge in [-0.25, -0.2) is 0 Å². The maximum Gasteiger partial charge on any atom is 0.0441 e. The van der Waals surface area contributed by atoms with Gasteiger partial charge >= 0.3 is 0 Å². The fraction of sp³-hybridized carbons (Fsp3) is 0.250. The molecule has 2 heterocycles. The van der Waals surface area contributed by atoms with Crippen LogP contribution in [0.2, 0.25) is 0 Å². The molecule has 2 heteroatoms. The van der Waals surface area contributed by atoms with E-state index in [9.17, 15) is 0 Å². The Kier molecular flexibility index (Phi) is 3.21. The third-order valence-electron chi connectivity index (χ3n) is 6.07. The molecule has 0 radical (unpaired) electrons. The van der Waals surface area contributed by atoms with Crippen LogP contribution in [0.25, 0.3) is 0 Å². The Labute approximate surface area is 155 Å². The van der Waals surface area contributed by atoms with E-state index in [1.165, 1.54) is 67.3 Å². The number of benzene rings is 3. The second-order valence-electron chi connectivity index (χ2n) is 7.96. The topological polar surface area (TPSA) is 24.1 Å². The number of rotatable bonds is 0. The van der Waals surface area contributed by atoms with Crippen LogP contribution in [0.4, 0.5) is 22.7 Å². The molecule has 0 bridgehead atoms. The standard InChI is InChI=1S/C24H24N2/c1-13-5-17-9-19-11-20-10-18-6-14(2)16(4)8-22(18)26-24(20)12-23(19)25-21(17)7-15(13)3/h5-8,11-12,25-26H,9-10H2,1-4H3. The van der Waals surface area contributed by atoms with Crippen LogP contribution in [-0.2, 0) is 12.8 Å². The van der Waals surface area contributed by atoms with E-state index in [-0.39, 0.29) is 0 Å². The molecule has 3 aromatic rings. The predicted molar refractivity (Wildman–Crippen MR) is 110 cm³/mol. The highest BCUT2D eigenvalue weighted by atomic mass is 14.9. The van der Waals surface area contributed by atoms with Crippen molar-refractivity contribution in [1.29, 1.82) is 0 Å². The summed E-state index contributed by atoms with van der Waals surface area (Å²) in [6.45, 7) is 8.76. The Morgan fingerprint density at radius 2 is 0.808 bits per heavy atom. The van der Waals surface area contributed by atoms with E-state index < -0.39 is 0 Å². The largest absolute Gasteiger partial charge is 0.355 e. The lowest BCUT2D eigenvalue weighted by atomic mass is 9.89.